The zero-order chi connectivity index (χ0) is 10.7. The Labute approximate surface area is 104 Å². The Kier molecular flexibility index (Phi) is 4.05. The lowest BCUT2D eigenvalue weighted by Crippen LogP contribution is -2.21. The Morgan fingerprint density at radius 3 is 3.20 bits per heavy atom. The summed E-state index contributed by atoms with van der Waals surface area (Å²) in [6.07, 6.45) is 5.37. The van der Waals surface area contributed by atoms with Crippen LogP contribution in [0, 0.1) is 0 Å². The molecule has 1 saturated heterocycles. The SMILES string of the molecule is CSC1CCN(Cc2ncccc2Br)C1. The Morgan fingerprint density at radius 1 is 1.67 bits per heavy atom. The van der Waals surface area contributed by atoms with Crippen LogP contribution in [0.2, 0.25) is 0 Å². The fourth-order valence-electron chi connectivity index (χ4n) is 1.88. The van der Waals surface area contributed by atoms with Gasteiger partial charge < -0.3 is 0 Å². The van der Waals surface area contributed by atoms with Crippen molar-refractivity contribution >= 4 is 27.7 Å². The topological polar surface area (TPSA) is 16.1 Å². The van der Waals surface area contributed by atoms with Crippen molar-refractivity contribution in [1.29, 1.82) is 0 Å². The van der Waals surface area contributed by atoms with Crippen molar-refractivity contribution < 1.29 is 0 Å². The molecule has 15 heavy (non-hydrogen) atoms. The molecule has 1 atom stereocenters. The van der Waals surface area contributed by atoms with Crippen LogP contribution in [0.4, 0.5) is 0 Å². The monoisotopic (exact) mass is 286 g/mol. The van der Waals surface area contributed by atoms with Gasteiger partial charge in [0.2, 0.25) is 0 Å². The highest BCUT2D eigenvalue weighted by Gasteiger charge is 2.22. The average Bonchev–Trinajstić information content (AvgIpc) is 2.69. The molecule has 1 aliphatic rings. The number of rotatable bonds is 3. The van der Waals surface area contributed by atoms with Crippen molar-refractivity contribution in [3.8, 4) is 0 Å². The number of pyridine rings is 1. The van der Waals surface area contributed by atoms with E-state index in [4.69, 9.17) is 0 Å². The molecule has 0 saturated carbocycles. The molecule has 2 rings (SSSR count). The van der Waals surface area contributed by atoms with Crippen LogP contribution >= 0.6 is 27.7 Å². The highest BCUT2D eigenvalue weighted by atomic mass is 79.9. The predicted octanol–water partition coefficient (Wildman–Crippen LogP) is 2.78. The van der Waals surface area contributed by atoms with Gasteiger partial charge in [0.05, 0.1) is 5.69 Å². The zero-order valence-electron chi connectivity index (χ0n) is 8.82. The molecule has 0 amide bonds. The predicted molar refractivity (Wildman–Crippen MR) is 69.1 cm³/mol. The van der Waals surface area contributed by atoms with E-state index in [-0.39, 0.29) is 0 Å². The van der Waals surface area contributed by atoms with Gasteiger partial charge in [-0.15, -0.1) is 0 Å². The molecule has 0 aliphatic carbocycles. The van der Waals surface area contributed by atoms with Crippen LogP contribution in [0.15, 0.2) is 22.8 Å². The van der Waals surface area contributed by atoms with Gasteiger partial charge in [0.25, 0.3) is 0 Å². The van der Waals surface area contributed by atoms with Crippen LogP contribution < -0.4 is 0 Å². The summed E-state index contributed by atoms with van der Waals surface area (Å²) in [6.45, 7) is 3.37. The molecule has 82 valence electrons. The van der Waals surface area contributed by atoms with Crippen LogP contribution in [0.1, 0.15) is 12.1 Å². The Morgan fingerprint density at radius 2 is 2.53 bits per heavy atom. The number of aromatic nitrogens is 1. The van der Waals surface area contributed by atoms with Gasteiger partial charge in [0.15, 0.2) is 0 Å². The maximum Gasteiger partial charge on any atom is 0.0685 e. The Balaban J connectivity index is 1.96. The highest BCUT2D eigenvalue weighted by molar-refractivity contribution is 9.10. The third-order valence-corrected chi connectivity index (χ3v) is 4.54. The van der Waals surface area contributed by atoms with E-state index >= 15 is 0 Å². The molecular formula is C11H15BrN2S. The smallest absolute Gasteiger partial charge is 0.0685 e. The van der Waals surface area contributed by atoms with E-state index in [2.05, 4.69) is 38.1 Å². The molecule has 1 fully saturated rings. The standard InChI is InChI=1S/C11H15BrN2S/c1-15-9-4-6-14(7-9)8-11-10(12)3-2-5-13-11/h2-3,5,9H,4,6-8H2,1H3. The molecule has 0 radical (unpaired) electrons. The first kappa shape index (κ1) is 11.4. The van der Waals surface area contributed by atoms with Gasteiger partial charge >= 0.3 is 0 Å². The summed E-state index contributed by atoms with van der Waals surface area (Å²) >= 11 is 5.52. The third kappa shape index (κ3) is 2.95. The number of halogens is 1. The summed E-state index contributed by atoms with van der Waals surface area (Å²) in [7, 11) is 0. The minimum absolute atomic E-state index is 0.812. The molecule has 2 heterocycles. The largest absolute Gasteiger partial charge is 0.296 e. The second kappa shape index (κ2) is 5.32. The average molecular weight is 287 g/mol. The second-order valence-electron chi connectivity index (χ2n) is 3.81. The van der Waals surface area contributed by atoms with Crippen molar-refractivity contribution in [3.05, 3.63) is 28.5 Å². The number of hydrogen-bond acceptors (Lipinski definition) is 3. The molecule has 0 N–H and O–H groups in total. The van der Waals surface area contributed by atoms with Crippen molar-refractivity contribution in [2.75, 3.05) is 19.3 Å². The number of hydrogen-bond donors (Lipinski definition) is 0. The Hall–Kier alpha value is -0.0600. The summed E-state index contributed by atoms with van der Waals surface area (Å²) in [6, 6.07) is 4.02. The lowest BCUT2D eigenvalue weighted by molar-refractivity contribution is 0.327. The van der Waals surface area contributed by atoms with E-state index in [9.17, 15) is 0 Å². The number of thioether (sulfide) groups is 1. The normalized spacial score (nSPS) is 22.1. The summed E-state index contributed by atoms with van der Waals surface area (Å²) in [4.78, 5) is 6.88. The van der Waals surface area contributed by atoms with Crippen molar-refractivity contribution in [2.24, 2.45) is 0 Å². The molecule has 0 spiro atoms. The van der Waals surface area contributed by atoms with Crippen LogP contribution in [-0.4, -0.2) is 34.5 Å². The van der Waals surface area contributed by atoms with Gasteiger partial charge in [-0.1, -0.05) is 0 Å². The van der Waals surface area contributed by atoms with Gasteiger partial charge in [-0.2, -0.15) is 11.8 Å². The fraction of sp³-hybridized carbons (Fsp3) is 0.545. The maximum atomic E-state index is 4.40. The first-order chi connectivity index (χ1) is 7.29. The van der Waals surface area contributed by atoms with Gasteiger partial charge in [-0.05, 0) is 47.3 Å². The van der Waals surface area contributed by atoms with Gasteiger partial charge in [0, 0.05) is 29.0 Å². The van der Waals surface area contributed by atoms with E-state index in [0.717, 1.165) is 22.0 Å². The first-order valence-electron chi connectivity index (χ1n) is 5.14. The highest BCUT2D eigenvalue weighted by Crippen LogP contribution is 2.23. The molecule has 1 aliphatic heterocycles. The molecule has 0 bridgehead atoms. The molecular weight excluding hydrogens is 272 g/mol. The minimum atomic E-state index is 0.812. The first-order valence-corrected chi connectivity index (χ1v) is 7.22. The van der Waals surface area contributed by atoms with Gasteiger partial charge in [0.1, 0.15) is 0 Å². The van der Waals surface area contributed by atoms with Crippen molar-refractivity contribution in [2.45, 2.75) is 18.2 Å². The van der Waals surface area contributed by atoms with Gasteiger partial charge in [-0.25, -0.2) is 0 Å². The van der Waals surface area contributed by atoms with E-state index in [1.807, 2.05) is 24.0 Å². The third-order valence-electron chi connectivity index (χ3n) is 2.77. The number of likely N-dealkylation sites (tertiary alicyclic amines) is 1. The van der Waals surface area contributed by atoms with E-state index < -0.39 is 0 Å². The van der Waals surface area contributed by atoms with Crippen LogP contribution in [0.3, 0.4) is 0 Å². The zero-order valence-corrected chi connectivity index (χ0v) is 11.2. The van der Waals surface area contributed by atoms with E-state index in [1.54, 1.807) is 0 Å². The summed E-state index contributed by atoms with van der Waals surface area (Å²) < 4.78 is 1.12. The Bertz CT molecular complexity index is 332. The summed E-state index contributed by atoms with van der Waals surface area (Å²) in [5, 5.41) is 0.812. The summed E-state index contributed by atoms with van der Waals surface area (Å²) in [5.41, 5.74) is 1.15. The van der Waals surface area contributed by atoms with Gasteiger partial charge in [-0.3, -0.25) is 9.88 Å². The van der Waals surface area contributed by atoms with Crippen LogP contribution in [0.25, 0.3) is 0 Å². The summed E-state index contributed by atoms with van der Waals surface area (Å²) in [5.74, 6) is 0. The molecule has 0 aromatic carbocycles. The molecule has 2 nitrogen and oxygen atoms in total. The van der Waals surface area contributed by atoms with E-state index in [0.29, 0.717) is 0 Å². The van der Waals surface area contributed by atoms with Crippen LogP contribution in [0.5, 0.6) is 0 Å². The molecule has 4 heteroatoms. The molecule has 1 aromatic heterocycles. The lowest BCUT2D eigenvalue weighted by atomic mass is 10.3. The van der Waals surface area contributed by atoms with Crippen LogP contribution in [-0.2, 0) is 6.54 Å². The fourth-order valence-corrected chi connectivity index (χ4v) is 2.96. The molecule has 1 unspecified atom stereocenters. The minimum Gasteiger partial charge on any atom is -0.296 e. The quantitative estimate of drug-likeness (QED) is 0.850. The van der Waals surface area contributed by atoms with E-state index in [1.165, 1.54) is 19.5 Å². The van der Waals surface area contributed by atoms with Crippen molar-refractivity contribution in [1.82, 2.24) is 9.88 Å². The maximum absolute atomic E-state index is 4.40. The number of nitrogens with zero attached hydrogens (tertiary/aromatic N) is 2. The molecule has 1 aromatic rings. The second-order valence-corrected chi connectivity index (χ2v) is 5.81. The lowest BCUT2D eigenvalue weighted by Gasteiger charge is -2.15. The van der Waals surface area contributed by atoms with Crippen molar-refractivity contribution in [3.63, 3.8) is 0 Å².